The molecule has 1 aromatic rings. The van der Waals surface area contributed by atoms with E-state index >= 15 is 0 Å². The van der Waals surface area contributed by atoms with Gasteiger partial charge in [0, 0.05) is 17.0 Å². The first-order valence-electron chi connectivity index (χ1n) is 5.45. The van der Waals surface area contributed by atoms with Gasteiger partial charge in [0.1, 0.15) is 0 Å². The van der Waals surface area contributed by atoms with Gasteiger partial charge in [-0.05, 0) is 24.1 Å². The molecule has 2 aliphatic rings. The van der Waals surface area contributed by atoms with Crippen LogP contribution >= 0.6 is 0 Å². The van der Waals surface area contributed by atoms with Gasteiger partial charge in [-0.25, -0.2) is 9.79 Å². The Labute approximate surface area is 97.3 Å². The minimum absolute atomic E-state index is 0.163. The van der Waals surface area contributed by atoms with Crippen molar-refractivity contribution in [2.24, 2.45) is 9.98 Å². The van der Waals surface area contributed by atoms with Crippen molar-refractivity contribution in [3.63, 3.8) is 0 Å². The van der Waals surface area contributed by atoms with Crippen LogP contribution in [0.15, 0.2) is 28.3 Å². The first kappa shape index (κ1) is 9.96. The molecule has 0 atom stereocenters. The summed E-state index contributed by atoms with van der Waals surface area (Å²) in [5.74, 6) is -0.967. The van der Waals surface area contributed by atoms with Crippen molar-refractivity contribution < 1.29 is 9.90 Å². The summed E-state index contributed by atoms with van der Waals surface area (Å²) >= 11 is 0. The van der Waals surface area contributed by atoms with E-state index in [1.54, 1.807) is 6.20 Å². The minimum Gasteiger partial charge on any atom is -0.477 e. The van der Waals surface area contributed by atoms with Crippen LogP contribution in [-0.2, 0) is 4.79 Å². The summed E-state index contributed by atoms with van der Waals surface area (Å²) in [5, 5.41) is 10.9. The van der Waals surface area contributed by atoms with E-state index < -0.39 is 5.97 Å². The molecular formula is C13H10N2O2. The van der Waals surface area contributed by atoms with E-state index in [1.807, 2.05) is 25.1 Å². The van der Waals surface area contributed by atoms with Crippen molar-refractivity contribution >= 4 is 29.0 Å². The van der Waals surface area contributed by atoms with Gasteiger partial charge in [0.15, 0.2) is 5.71 Å². The summed E-state index contributed by atoms with van der Waals surface area (Å²) in [6.45, 7) is 1.94. The van der Waals surface area contributed by atoms with Crippen LogP contribution in [0.25, 0.3) is 11.6 Å². The van der Waals surface area contributed by atoms with Gasteiger partial charge in [-0.1, -0.05) is 13.0 Å². The lowest BCUT2D eigenvalue weighted by molar-refractivity contribution is -0.129. The third-order valence-electron chi connectivity index (χ3n) is 3.04. The molecule has 0 unspecified atom stereocenters. The standard InChI is InChI=1S/C13H10N2O2/c1-2-7-8-3-4-10-9(5-6-14-10)11(8)15-12(7)13(16)17/h3-6H,2H2,1H3,(H,16,17). The fourth-order valence-electron chi connectivity index (χ4n) is 2.27. The average molecular weight is 226 g/mol. The highest BCUT2D eigenvalue weighted by Gasteiger charge is 2.23. The first-order chi connectivity index (χ1) is 8.22. The first-order valence-corrected chi connectivity index (χ1v) is 5.45. The normalized spacial score (nSPS) is 15.4. The van der Waals surface area contributed by atoms with Crippen LogP contribution < -0.4 is 10.6 Å². The van der Waals surface area contributed by atoms with E-state index in [-0.39, 0.29) is 5.71 Å². The Balaban J connectivity index is 2.39. The number of carboxylic acid groups (broad SMARTS) is 1. The van der Waals surface area contributed by atoms with Gasteiger partial charge in [-0.2, -0.15) is 0 Å². The molecule has 84 valence electrons. The summed E-state index contributed by atoms with van der Waals surface area (Å²) in [4.78, 5) is 19.6. The molecule has 3 rings (SSSR count). The van der Waals surface area contributed by atoms with Crippen LogP contribution in [0.1, 0.15) is 18.9 Å². The van der Waals surface area contributed by atoms with Crippen LogP contribution in [-0.4, -0.2) is 16.8 Å². The number of hydrogen-bond donors (Lipinski definition) is 1. The number of nitrogens with zero attached hydrogens (tertiary/aromatic N) is 2. The lowest BCUT2D eigenvalue weighted by Crippen LogP contribution is -2.17. The van der Waals surface area contributed by atoms with Crippen molar-refractivity contribution in [3.8, 4) is 0 Å². The number of rotatable bonds is 2. The highest BCUT2D eigenvalue weighted by molar-refractivity contribution is 6.53. The van der Waals surface area contributed by atoms with E-state index in [2.05, 4.69) is 9.98 Å². The average Bonchev–Trinajstić information content (AvgIpc) is 2.91. The second-order valence-electron chi connectivity index (χ2n) is 3.94. The van der Waals surface area contributed by atoms with Gasteiger partial charge in [-0.3, -0.25) is 4.99 Å². The number of hydrogen-bond acceptors (Lipinski definition) is 3. The van der Waals surface area contributed by atoms with Gasteiger partial charge < -0.3 is 5.11 Å². The van der Waals surface area contributed by atoms with Gasteiger partial charge >= 0.3 is 5.97 Å². The Morgan fingerprint density at radius 3 is 2.94 bits per heavy atom. The molecule has 2 heterocycles. The summed E-state index contributed by atoms with van der Waals surface area (Å²) in [6.07, 6.45) is 4.25. The highest BCUT2D eigenvalue weighted by atomic mass is 16.4. The molecule has 0 bridgehead atoms. The van der Waals surface area contributed by atoms with Crippen molar-refractivity contribution in [1.82, 2.24) is 0 Å². The zero-order valence-corrected chi connectivity index (χ0v) is 9.27. The highest BCUT2D eigenvalue weighted by Crippen LogP contribution is 2.23. The zero-order valence-electron chi connectivity index (χ0n) is 9.27. The molecule has 0 saturated carbocycles. The van der Waals surface area contributed by atoms with Crippen LogP contribution in [0.3, 0.4) is 0 Å². The quantitative estimate of drug-likeness (QED) is 0.818. The van der Waals surface area contributed by atoms with Crippen LogP contribution in [0, 0.1) is 0 Å². The van der Waals surface area contributed by atoms with Gasteiger partial charge in [0.05, 0.1) is 11.0 Å². The smallest absolute Gasteiger partial charge is 0.354 e. The molecule has 0 aliphatic carbocycles. The van der Waals surface area contributed by atoms with Crippen LogP contribution in [0.2, 0.25) is 0 Å². The maximum Gasteiger partial charge on any atom is 0.354 e. The molecule has 0 amide bonds. The molecule has 1 N–H and O–H groups in total. The molecule has 4 nitrogen and oxygen atoms in total. The van der Waals surface area contributed by atoms with E-state index in [0.717, 1.165) is 27.4 Å². The van der Waals surface area contributed by atoms with Gasteiger partial charge in [0.2, 0.25) is 0 Å². The lowest BCUT2D eigenvalue weighted by atomic mass is 10.0. The number of carboxylic acids is 1. The summed E-state index contributed by atoms with van der Waals surface area (Å²) < 4.78 is 0. The second-order valence-corrected chi connectivity index (χ2v) is 3.94. The molecule has 0 radical (unpaired) electrons. The monoisotopic (exact) mass is 226 g/mol. The van der Waals surface area contributed by atoms with E-state index in [1.165, 1.54) is 0 Å². The maximum absolute atomic E-state index is 11.1. The predicted octanol–water partition coefficient (Wildman–Crippen LogP) is 1.02. The number of benzene rings is 1. The SMILES string of the molecule is CCC1=c2ccc3c(c2N=C1C(=O)O)C=CN=3. The number of carbonyl (C=O) groups is 1. The molecular weight excluding hydrogens is 216 g/mol. The molecule has 0 spiro atoms. The number of fused-ring (bicyclic) bond motifs is 3. The van der Waals surface area contributed by atoms with Gasteiger partial charge in [0.25, 0.3) is 0 Å². The third kappa shape index (κ3) is 1.27. The summed E-state index contributed by atoms with van der Waals surface area (Å²) in [6, 6.07) is 3.81. The van der Waals surface area contributed by atoms with Crippen molar-refractivity contribution in [2.45, 2.75) is 13.3 Å². The molecule has 1 aromatic carbocycles. The summed E-state index contributed by atoms with van der Waals surface area (Å²) in [7, 11) is 0. The predicted molar refractivity (Wildman–Crippen MR) is 64.7 cm³/mol. The largest absolute Gasteiger partial charge is 0.477 e. The molecule has 0 aromatic heterocycles. The Bertz CT molecular complexity index is 712. The molecule has 0 saturated heterocycles. The van der Waals surface area contributed by atoms with Crippen molar-refractivity contribution in [1.29, 1.82) is 0 Å². The minimum atomic E-state index is -0.967. The van der Waals surface area contributed by atoms with E-state index in [4.69, 9.17) is 5.11 Å². The van der Waals surface area contributed by atoms with Crippen LogP contribution in [0.4, 0.5) is 5.69 Å². The molecule has 0 fully saturated rings. The number of aliphatic carboxylic acids is 1. The lowest BCUT2D eigenvalue weighted by Gasteiger charge is -1.97. The van der Waals surface area contributed by atoms with E-state index in [9.17, 15) is 4.79 Å². The Morgan fingerprint density at radius 2 is 2.24 bits per heavy atom. The number of aliphatic imine (C=N–C) groups is 1. The summed E-state index contributed by atoms with van der Waals surface area (Å²) in [5.41, 5.74) is 2.63. The molecule has 2 aliphatic heterocycles. The van der Waals surface area contributed by atoms with Crippen molar-refractivity contribution in [3.05, 3.63) is 34.5 Å². The van der Waals surface area contributed by atoms with Gasteiger partial charge in [-0.15, -0.1) is 0 Å². The van der Waals surface area contributed by atoms with Crippen molar-refractivity contribution in [2.75, 3.05) is 0 Å². The van der Waals surface area contributed by atoms with E-state index in [0.29, 0.717) is 6.42 Å². The molecule has 4 heteroatoms. The fraction of sp³-hybridized carbons (Fsp3) is 0.154. The Hall–Kier alpha value is -2.23. The topological polar surface area (TPSA) is 62.0 Å². The second kappa shape index (κ2) is 3.38. The maximum atomic E-state index is 11.1. The molecule has 17 heavy (non-hydrogen) atoms. The Morgan fingerprint density at radius 1 is 1.41 bits per heavy atom. The Kier molecular flexibility index (Phi) is 1.98. The fourth-order valence-corrected chi connectivity index (χ4v) is 2.27. The van der Waals surface area contributed by atoms with Crippen LogP contribution in [0.5, 0.6) is 0 Å². The third-order valence-corrected chi connectivity index (χ3v) is 3.04. The zero-order chi connectivity index (χ0) is 12.0.